The number of amides is 5. The number of fused-ring (bicyclic) bond motifs is 3. The molecular weight excluding hydrogens is 737 g/mol. The third-order valence-corrected chi connectivity index (χ3v) is 13.6. The van der Waals surface area contributed by atoms with E-state index in [0.29, 0.717) is 55.2 Å². The van der Waals surface area contributed by atoms with Crippen LogP contribution in [0, 0.1) is 12.8 Å². The number of aryl methyl sites for hydroxylation is 1. The van der Waals surface area contributed by atoms with Gasteiger partial charge in [0.2, 0.25) is 17.7 Å². The number of methoxy groups -OCH3 is 1. The number of likely N-dealkylation sites (tertiary alicyclic amines) is 1. The second kappa shape index (κ2) is 16.2. The SMILES string of the molecule is COc1ccc2c(OC3CC4C(=O)NC5(C(=O)NS(=O)C6(C)CC6)CC5C=CCCCCCC(NC(=O)N5CCCC5)C(=O)N4C3)cc(OC(C)C)nc2c1C. The van der Waals surface area contributed by atoms with Crippen LogP contribution in [0.1, 0.15) is 97.0 Å². The van der Waals surface area contributed by atoms with Crippen molar-refractivity contribution in [1.29, 1.82) is 0 Å². The molecule has 4 heterocycles. The Bertz CT molecular complexity index is 1910. The zero-order chi connectivity index (χ0) is 39.8. The molecule has 15 heteroatoms. The number of rotatable bonds is 9. The molecule has 6 atom stereocenters. The lowest BCUT2D eigenvalue weighted by Crippen LogP contribution is -2.58. The molecule has 2 aliphatic carbocycles. The summed E-state index contributed by atoms with van der Waals surface area (Å²) in [6.07, 6.45) is 10.7. The highest BCUT2D eigenvalue weighted by atomic mass is 32.2. The van der Waals surface area contributed by atoms with Gasteiger partial charge in [-0.15, -0.1) is 0 Å². The van der Waals surface area contributed by atoms with Gasteiger partial charge in [-0.3, -0.25) is 19.1 Å². The van der Waals surface area contributed by atoms with Crippen molar-refractivity contribution in [3.05, 3.63) is 35.9 Å². The van der Waals surface area contributed by atoms with Crippen LogP contribution in [-0.4, -0.2) is 104 Å². The first-order chi connectivity index (χ1) is 26.8. The third kappa shape index (κ3) is 8.33. The zero-order valence-corrected chi connectivity index (χ0v) is 34.0. The number of nitrogens with zero attached hydrogens (tertiary/aromatic N) is 3. The molecule has 5 amide bonds. The van der Waals surface area contributed by atoms with Crippen molar-refractivity contribution < 1.29 is 37.6 Å². The molecule has 0 spiro atoms. The number of benzene rings is 1. The number of carbonyl (C=O) groups is 4. The number of pyridine rings is 1. The largest absolute Gasteiger partial charge is 0.496 e. The summed E-state index contributed by atoms with van der Waals surface area (Å²) in [5.41, 5.74) is 0.150. The van der Waals surface area contributed by atoms with Gasteiger partial charge in [0, 0.05) is 42.4 Å². The van der Waals surface area contributed by atoms with E-state index in [1.807, 2.05) is 52.0 Å². The molecule has 0 radical (unpaired) electrons. The molecule has 14 nitrogen and oxygen atoms in total. The van der Waals surface area contributed by atoms with Crippen LogP contribution in [0.25, 0.3) is 10.9 Å². The van der Waals surface area contributed by atoms with Gasteiger partial charge in [0.1, 0.15) is 46.2 Å². The molecule has 5 aliphatic rings. The molecule has 2 aromatic rings. The Morgan fingerprint density at radius 2 is 1.84 bits per heavy atom. The highest BCUT2D eigenvalue weighted by molar-refractivity contribution is 7.85. The Morgan fingerprint density at radius 3 is 2.55 bits per heavy atom. The fourth-order valence-corrected chi connectivity index (χ4v) is 9.21. The first-order valence-corrected chi connectivity index (χ1v) is 21.4. The van der Waals surface area contributed by atoms with E-state index in [4.69, 9.17) is 19.2 Å². The van der Waals surface area contributed by atoms with Gasteiger partial charge < -0.3 is 34.6 Å². The van der Waals surface area contributed by atoms with Crippen molar-refractivity contribution in [2.24, 2.45) is 5.92 Å². The van der Waals surface area contributed by atoms with E-state index < -0.39 is 51.3 Å². The lowest BCUT2D eigenvalue weighted by Gasteiger charge is -2.30. The molecular formula is C41H56N6O8S. The van der Waals surface area contributed by atoms with Gasteiger partial charge >= 0.3 is 6.03 Å². The lowest BCUT2D eigenvalue weighted by atomic mass is 10.0. The molecule has 4 fully saturated rings. The van der Waals surface area contributed by atoms with Crippen LogP contribution in [0.3, 0.4) is 0 Å². The van der Waals surface area contributed by atoms with Gasteiger partial charge in [-0.1, -0.05) is 25.0 Å². The Kier molecular flexibility index (Phi) is 11.5. The summed E-state index contributed by atoms with van der Waals surface area (Å²) in [5, 5.41) is 6.78. The van der Waals surface area contributed by atoms with Crippen molar-refractivity contribution in [2.75, 3.05) is 26.7 Å². The Labute approximate surface area is 331 Å². The number of ether oxygens (including phenoxy) is 3. The van der Waals surface area contributed by atoms with Crippen LogP contribution in [-0.2, 0) is 25.4 Å². The van der Waals surface area contributed by atoms with E-state index in [0.717, 1.165) is 55.9 Å². The highest BCUT2D eigenvalue weighted by Crippen LogP contribution is 2.47. The Hall–Kier alpha value is -4.40. The first kappa shape index (κ1) is 39.8. The van der Waals surface area contributed by atoms with Gasteiger partial charge in [0.15, 0.2) is 0 Å². The normalized spacial score (nSPS) is 28.0. The smallest absolute Gasteiger partial charge is 0.318 e. The number of aromatic nitrogens is 1. The highest BCUT2D eigenvalue weighted by Gasteiger charge is 2.62. The van der Waals surface area contributed by atoms with Crippen LogP contribution < -0.4 is 29.6 Å². The topological polar surface area (TPSA) is 168 Å². The van der Waals surface area contributed by atoms with Gasteiger partial charge in [-0.2, -0.15) is 0 Å². The summed E-state index contributed by atoms with van der Waals surface area (Å²) in [5.74, 6) is -0.124. The fourth-order valence-electron chi connectivity index (χ4n) is 8.14. The molecule has 7 rings (SSSR count). The summed E-state index contributed by atoms with van der Waals surface area (Å²) in [7, 11) is 0.000600. The maximum Gasteiger partial charge on any atom is 0.318 e. The average molecular weight is 793 g/mol. The third-order valence-electron chi connectivity index (χ3n) is 11.9. The van der Waals surface area contributed by atoms with Crippen molar-refractivity contribution >= 4 is 45.6 Å². The molecule has 2 saturated heterocycles. The molecule has 56 heavy (non-hydrogen) atoms. The minimum Gasteiger partial charge on any atom is -0.496 e. The number of allylic oxidation sites excluding steroid dienone is 1. The molecule has 304 valence electrons. The zero-order valence-electron chi connectivity index (χ0n) is 33.2. The molecule has 0 bridgehead atoms. The summed E-state index contributed by atoms with van der Waals surface area (Å²) < 4.78 is 33.7. The van der Waals surface area contributed by atoms with Gasteiger partial charge in [-0.25, -0.2) is 14.0 Å². The van der Waals surface area contributed by atoms with E-state index in [1.165, 1.54) is 4.90 Å². The monoisotopic (exact) mass is 792 g/mol. The predicted molar refractivity (Wildman–Crippen MR) is 212 cm³/mol. The van der Waals surface area contributed by atoms with E-state index in [9.17, 15) is 23.4 Å². The van der Waals surface area contributed by atoms with Gasteiger partial charge in [0.25, 0.3) is 5.91 Å². The Balaban J connectivity index is 1.21. The van der Waals surface area contributed by atoms with Crippen molar-refractivity contribution in [1.82, 2.24) is 30.1 Å². The van der Waals surface area contributed by atoms with Gasteiger partial charge in [0.05, 0.1) is 30.0 Å². The minimum atomic E-state index is -1.60. The second-order valence-corrected chi connectivity index (χ2v) is 18.3. The number of hydrogen-bond acceptors (Lipinski definition) is 9. The predicted octanol–water partition coefficient (Wildman–Crippen LogP) is 4.59. The molecule has 1 aromatic carbocycles. The van der Waals surface area contributed by atoms with E-state index in [2.05, 4.69) is 15.4 Å². The van der Waals surface area contributed by atoms with Crippen molar-refractivity contribution in [3.8, 4) is 17.4 Å². The molecule has 3 aliphatic heterocycles. The maximum atomic E-state index is 14.7. The van der Waals surface area contributed by atoms with Crippen LogP contribution in [0.2, 0.25) is 0 Å². The fraction of sp³-hybridized carbons (Fsp3) is 0.634. The van der Waals surface area contributed by atoms with E-state index in [-0.39, 0.29) is 36.9 Å². The summed E-state index contributed by atoms with van der Waals surface area (Å²) >= 11 is 0. The summed E-state index contributed by atoms with van der Waals surface area (Å²) in [4.78, 5) is 64.6. The van der Waals surface area contributed by atoms with Crippen LogP contribution in [0.4, 0.5) is 4.79 Å². The average Bonchev–Trinajstić information content (AvgIpc) is 3.90. The number of carbonyl (C=O) groups excluding carboxylic acids is 4. The molecule has 2 saturated carbocycles. The van der Waals surface area contributed by atoms with E-state index in [1.54, 1.807) is 18.1 Å². The molecule has 6 unspecified atom stereocenters. The minimum absolute atomic E-state index is 0.0667. The van der Waals surface area contributed by atoms with E-state index >= 15 is 0 Å². The molecule has 3 N–H and O–H groups in total. The maximum absolute atomic E-state index is 14.7. The second-order valence-electron chi connectivity index (χ2n) is 16.6. The quantitative estimate of drug-likeness (QED) is 0.308. The number of urea groups is 1. The molecule has 1 aromatic heterocycles. The van der Waals surface area contributed by atoms with Gasteiger partial charge in [-0.05, 0) is 91.2 Å². The van der Waals surface area contributed by atoms with Crippen LogP contribution in [0.5, 0.6) is 17.4 Å². The number of hydrogen-bond donors (Lipinski definition) is 3. The standard InChI is InChI=1S/C41H56N6O8S/c1-25(2)54-34-22-33(29-15-16-32(53-5)26(3)35(29)43-34)55-28-21-31-36(48)44-41(38(50)45-56(52)40(4)17-18-40)23-27(41)13-9-7-6-8-10-14-30(37(49)47(31)24-28)42-39(51)46-19-11-12-20-46/h9,13,15-16,22,25,27-28,30-31H,6-8,10-12,14,17-21,23-24H2,1-5H3,(H,42,51)(H,44,48)(H,45,50). The lowest BCUT2D eigenvalue weighted by molar-refractivity contribution is -0.141. The first-order valence-electron chi connectivity index (χ1n) is 20.2. The van der Waals surface area contributed by atoms with Crippen LogP contribution >= 0.6 is 0 Å². The van der Waals surface area contributed by atoms with Crippen molar-refractivity contribution in [2.45, 2.75) is 133 Å². The van der Waals surface area contributed by atoms with Crippen molar-refractivity contribution in [3.63, 3.8) is 0 Å². The number of nitrogens with one attached hydrogen (secondary N) is 3. The summed E-state index contributed by atoms with van der Waals surface area (Å²) in [6, 6.07) is 3.30. The summed E-state index contributed by atoms with van der Waals surface area (Å²) in [6.45, 7) is 8.94. The Morgan fingerprint density at radius 1 is 1.07 bits per heavy atom. The van der Waals surface area contributed by atoms with Crippen LogP contribution in [0.15, 0.2) is 30.4 Å².